The summed E-state index contributed by atoms with van der Waals surface area (Å²) in [7, 11) is 3.74. The highest BCUT2D eigenvalue weighted by molar-refractivity contribution is 5.76. The summed E-state index contributed by atoms with van der Waals surface area (Å²) in [5.41, 5.74) is 6.31. The van der Waals surface area contributed by atoms with Gasteiger partial charge >= 0.3 is 0 Å². The third kappa shape index (κ3) is 4.78. The Hall–Kier alpha value is -1.69. The number of amides is 1. The fraction of sp³-hybridized carbons (Fsp3) is 0.545. The topological polar surface area (TPSA) is 84.1 Å². The van der Waals surface area contributed by atoms with Gasteiger partial charge in [-0.25, -0.2) is 9.97 Å². The van der Waals surface area contributed by atoms with Crippen molar-refractivity contribution >= 4 is 11.9 Å². The van der Waals surface area contributed by atoms with Crippen molar-refractivity contribution in [3.63, 3.8) is 0 Å². The minimum absolute atomic E-state index is 0.0648. The zero-order valence-electron chi connectivity index (χ0n) is 10.5. The average Bonchev–Trinajstić information content (AvgIpc) is 2.26. The predicted octanol–water partition coefficient (Wildman–Crippen LogP) is -0.104. The van der Waals surface area contributed by atoms with Gasteiger partial charge in [-0.05, 0) is 13.0 Å². The Labute approximate surface area is 101 Å². The molecule has 1 atom stereocenters. The minimum atomic E-state index is -0.127. The lowest BCUT2D eigenvalue weighted by molar-refractivity contribution is -0.121. The van der Waals surface area contributed by atoms with Gasteiger partial charge in [0.1, 0.15) is 0 Å². The number of nitrogens with zero attached hydrogens (tertiary/aromatic N) is 3. The second kappa shape index (κ2) is 6.15. The fourth-order valence-electron chi connectivity index (χ4n) is 1.25. The van der Waals surface area contributed by atoms with Gasteiger partial charge in [-0.3, -0.25) is 4.79 Å². The molecule has 3 N–H and O–H groups in total. The summed E-state index contributed by atoms with van der Waals surface area (Å²) in [5, 5.41) is 2.77. The second-order valence-electron chi connectivity index (χ2n) is 4.20. The van der Waals surface area contributed by atoms with Gasteiger partial charge in [0.25, 0.3) is 0 Å². The normalized spacial score (nSPS) is 12.0. The first-order chi connectivity index (χ1) is 7.99. The molecule has 0 aromatic carbocycles. The molecule has 6 heteroatoms. The molecule has 0 fully saturated rings. The number of carbonyl (C=O) groups is 1. The van der Waals surface area contributed by atoms with Crippen molar-refractivity contribution in [1.29, 1.82) is 0 Å². The molecule has 1 aromatic rings. The molecule has 0 aliphatic rings. The van der Waals surface area contributed by atoms with Gasteiger partial charge in [-0.2, -0.15) is 0 Å². The molecule has 1 unspecified atom stereocenters. The van der Waals surface area contributed by atoms with Crippen molar-refractivity contribution < 1.29 is 4.79 Å². The highest BCUT2D eigenvalue weighted by Gasteiger charge is 2.06. The number of rotatable bonds is 5. The Morgan fingerprint density at radius 2 is 2.29 bits per heavy atom. The maximum atomic E-state index is 11.4. The van der Waals surface area contributed by atoms with Crippen LogP contribution in [0, 0.1) is 0 Å². The summed E-state index contributed by atoms with van der Waals surface area (Å²) in [5.74, 6) is 0.564. The van der Waals surface area contributed by atoms with Crippen molar-refractivity contribution in [2.75, 3.05) is 19.0 Å². The monoisotopic (exact) mass is 237 g/mol. The lowest BCUT2D eigenvalue weighted by Gasteiger charge is -2.11. The Kier molecular flexibility index (Phi) is 4.84. The molecule has 0 aliphatic heterocycles. The van der Waals surface area contributed by atoms with E-state index in [4.69, 9.17) is 5.73 Å². The molecule has 6 nitrogen and oxygen atoms in total. The molecule has 1 heterocycles. The maximum absolute atomic E-state index is 11.4. The van der Waals surface area contributed by atoms with E-state index in [1.165, 1.54) is 0 Å². The molecule has 1 amide bonds. The molecule has 0 bridgehead atoms. The number of nitrogens with one attached hydrogen (secondary N) is 1. The molecule has 0 saturated carbocycles. The van der Waals surface area contributed by atoms with Crippen LogP contribution in [0.2, 0.25) is 0 Å². The summed E-state index contributed by atoms with van der Waals surface area (Å²) < 4.78 is 0. The van der Waals surface area contributed by atoms with E-state index in [9.17, 15) is 4.79 Å². The molecule has 0 aliphatic carbocycles. The van der Waals surface area contributed by atoms with Gasteiger partial charge in [0.05, 0.1) is 12.2 Å². The van der Waals surface area contributed by atoms with Crippen molar-refractivity contribution in [3.8, 4) is 0 Å². The molecule has 0 spiro atoms. The first-order valence-electron chi connectivity index (χ1n) is 5.50. The van der Waals surface area contributed by atoms with Crippen molar-refractivity contribution in [2.24, 2.45) is 5.73 Å². The largest absolute Gasteiger partial charge is 0.350 e. The summed E-state index contributed by atoms with van der Waals surface area (Å²) >= 11 is 0. The van der Waals surface area contributed by atoms with Crippen molar-refractivity contribution in [1.82, 2.24) is 15.3 Å². The zero-order valence-corrected chi connectivity index (χ0v) is 10.5. The maximum Gasteiger partial charge on any atom is 0.225 e. The number of carbonyl (C=O) groups excluding carboxylic acids is 1. The first-order valence-corrected chi connectivity index (χ1v) is 5.50. The Morgan fingerprint density at radius 1 is 1.59 bits per heavy atom. The third-order valence-electron chi connectivity index (χ3n) is 2.07. The predicted molar refractivity (Wildman–Crippen MR) is 66.5 cm³/mol. The summed E-state index contributed by atoms with van der Waals surface area (Å²) in [6, 6.07) is 1.65. The highest BCUT2D eigenvalue weighted by Crippen LogP contribution is 2.03. The summed E-state index contributed by atoms with van der Waals surface area (Å²) in [4.78, 5) is 21.6. The third-order valence-corrected chi connectivity index (χ3v) is 2.07. The zero-order chi connectivity index (χ0) is 12.8. The quantitative estimate of drug-likeness (QED) is 0.747. The van der Waals surface area contributed by atoms with Crippen LogP contribution in [0.5, 0.6) is 0 Å². The van der Waals surface area contributed by atoms with Gasteiger partial charge < -0.3 is 16.0 Å². The molecular weight excluding hydrogens is 218 g/mol. The van der Waals surface area contributed by atoms with Gasteiger partial charge in [0.15, 0.2) is 0 Å². The number of hydrogen-bond donors (Lipinski definition) is 2. The van der Waals surface area contributed by atoms with Crippen LogP contribution in [0.3, 0.4) is 0 Å². The standard InChI is InChI=1S/C11H19N5O/c1-8(12)6-10(17)14-7-9-4-5-13-11(15-9)16(2)3/h4-5,8H,6-7,12H2,1-3H3,(H,14,17). The Bertz CT molecular complexity index is 378. The molecular formula is C11H19N5O. The Balaban J connectivity index is 2.52. The molecule has 17 heavy (non-hydrogen) atoms. The minimum Gasteiger partial charge on any atom is -0.350 e. The van der Waals surface area contributed by atoms with E-state index in [-0.39, 0.29) is 11.9 Å². The van der Waals surface area contributed by atoms with Crippen LogP contribution < -0.4 is 16.0 Å². The highest BCUT2D eigenvalue weighted by atomic mass is 16.1. The number of nitrogens with two attached hydrogens (primary N) is 1. The molecule has 0 saturated heterocycles. The van der Waals surface area contributed by atoms with E-state index in [2.05, 4.69) is 15.3 Å². The number of hydrogen-bond acceptors (Lipinski definition) is 5. The van der Waals surface area contributed by atoms with Gasteiger partial charge in [-0.15, -0.1) is 0 Å². The van der Waals surface area contributed by atoms with Crippen LogP contribution in [0.1, 0.15) is 19.0 Å². The van der Waals surface area contributed by atoms with E-state index in [1.54, 1.807) is 19.2 Å². The Morgan fingerprint density at radius 3 is 2.88 bits per heavy atom. The SMILES string of the molecule is CC(N)CC(=O)NCc1ccnc(N(C)C)n1. The van der Waals surface area contributed by atoms with Crippen LogP contribution in [0.4, 0.5) is 5.95 Å². The van der Waals surface area contributed by atoms with E-state index in [0.717, 1.165) is 5.69 Å². The lowest BCUT2D eigenvalue weighted by Crippen LogP contribution is -2.29. The molecule has 0 radical (unpaired) electrons. The molecule has 94 valence electrons. The number of anilines is 1. The van der Waals surface area contributed by atoms with Crippen LogP contribution in [-0.2, 0) is 11.3 Å². The van der Waals surface area contributed by atoms with Crippen LogP contribution >= 0.6 is 0 Å². The van der Waals surface area contributed by atoms with Crippen LogP contribution in [-0.4, -0.2) is 36.0 Å². The lowest BCUT2D eigenvalue weighted by atomic mass is 10.2. The summed E-state index contributed by atoms with van der Waals surface area (Å²) in [6.45, 7) is 2.20. The van der Waals surface area contributed by atoms with E-state index >= 15 is 0 Å². The van der Waals surface area contributed by atoms with E-state index in [1.807, 2.05) is 19.0 Å². The second-order valence-corrected chi connectivity index (χ2v) is 4.20. The molecule has 1 aromatic heterocycles. The average molecular weight is 237 g/mol. The number of aromatic nitrogens is 2. The smallest absolute Gasteiger partial charge is 0.225 e. The first kappa shape index (κ1) is 13.4. The van der Waals surface area contributed by atoms with E-state index in [0.29, 0.717) is 18.9 Å². The van der Waals surface area contributed by atoms with Crippen LogP contribution in [0.25, 0.3) is 0 Å². The van der Waals surface area contributed by atoms with E-state index < -0.39 is 0 Å². The van der Waals surface area contributed by atoms with Gasteiger partial charge in [0, 0.05) is 32.8 Å². The summed E-state index contributed by atoms with van der Waals surface area (Å²) in [6.07, 6.45) is 2.00. The van der Waals surface area contributed by atoms with Crippen LogP contribution in [0.15, 0.2) is 12.3 Å². The van der Waals surface area contributed by atoms with Crippen molar-refractivity contribution in [2.45, 2.75) is 25.9 Å². The van der Waals surface area contributed by atoms with Crippen molar-refractivity contribution in [3.05, 3.63) is 18.0 Å². The molecule has 1 rings (SSSR count). The van der Waals surface area contributed by atoms with Gasteiger partial charge in [-0.1, -0.05) is 0 Å². The van der Waals surface area contributed by atoms with Gasteiger partial charge in [0.2, 0.25) is 11.9 Å². The fourth-order valence-corrected chi connectivity index (χ4v) is 1.25.